The lowest BCUT2D eigenvalue weighted by molar-refractivity contribution is 0.663. The summed E-state index contributed by atoms with van der Waals surface area (Å²) in [6, 6.07) is 7.73. The summed E-state index contributed by atoms with van der Waals surface area (Å²) in [4.78, 5) is 16.7. The minimum Gasteiger partial charge on any atom is -0.399 e. The van der Waals surface area contributed by atoms with Gasteiger partial charge in [-0.25, -0.2) is 4.98 Å². The average Bonchev–Trinajstić information content (AvgIpc) is 2.82. The number of nitrogen functional groups attached to an aromatic ring is 1. The van der Waals surface area contributed by atoms with E-state index in [-0.39, 0.29) is 5.56 Å². The lowest BCUT2D eigenvalue weighted by Gasteiger charge is -2.06. The van der Waals surface area contributed by atoms with E-state index in [0.29, 0.717) is 6.54 Å². The Morgan fingerprint density at radius 2 is 2.05 bits per heavy atom. The summed E-state index contributed by atoms with van der Waals surface area (Å²) in [5.41, 5.74) is 9.50. The molecule has 3 aromatic rings. The molecule has 0 bridgehead atoms. The standard InChI is InChI=1S/C15H15N3OS/c1-10-8-20-14-13(10)17-9-18(15(14)19)7-6-11-2-4-12(16)5-3-11/h2-5,8-9H,6-7,16H2,1H3. The molecule has 5 heteroatoms. The van der Waals surface area contributed by atoms with Crippen molar-refractivity contribution in [2.75, 3.05) is 5.73 Å². The van der Waals surface area contributed by atoms with E-state index in [1.54, 1.807) is 10.9 Å². The Morgan fingerprint density at radius 3 is 2.80 bits per heavy atom. The normalized spacial score (nSPS) is 11.1. The molecule has 0 saturated carbocycles. The molecule has 0 unspecified atom stereocenters. The van der Waals surface area contributed by atoms with Crippen LogP contribution in [-0.2, 0) is 13.0 Å². The zero-order chi connectivity index (χ0) is 14.1. The van der Waals surface area contributed by atoms with Crippen molar-refractivity contribution in [2.45, 2.75) is 19.9 Å². The molecule has 0 radical (unpaired) electrons. The summed E-state index contributed by atoms with van der Waals surface area (Å²) in [5, 5.41) is 1.98. The van der Waals surface area contributed by atoms with Gasteiger partial charge in [-0.1, -0.05) is 12.1 Å². The molecule has 0 aliphatic carbocycles. The third-order valence-electron chi connectivity index (χ3n) is 3.34. The molecule has 2 N–H and O–H groups in total. The zero-order valence-corrected chi connectivity index (χ0v) is 12.0. The number of aromatic nitrogens is 2. The van der Waals surface area contributed by atoms with Gasteiger partial charge in [0.05, 0.1) is 11.8 Å². The number of nitrogens with two attached hydrogens (primary N) is 1. The van der Waals surface area contributed by atoms with Gasteiger partial charge < -0.3 is 5.73 Å². The molecule has 0 aliphatic rings. The quantitative estimate of drug-likeness (QED) is 0.752. The molecule has 4 nitrogen and oxygen atoms in total. The van der Waals surface area contributed by atoms with Crippen LogP contribution >= 0.6 is 11.3 Å². The van der Waals surface area contributed by atoms with E-state index in [2.05, 4.69) is 4.98 Å². The Labute approximate surface area is 120 Å². The number of fused-ring (bicyclic) bond motifs is 1. The molecule has 20 heavy (non-hydrogen) atoms. The predicted molar refractivity (Wildman–Crippen MR) is 83.2 cm³/mol. The van der Waals surface area contributed by atoms with Crippen molar-refractivity contribution >= 4 is 27.2 Å². The molecule has 1 aromatic carbocycles. The van der Waals surface area contributed by atoms with Crippen LogP contribution in [0.5, 0.6) is 0 Å². The molecule has 3 rings (SSSR count). The zero-order valence-electron chi connectivity index (χ0n) is 11.2. The van der Waals surface area contributed by atoms with Gasteiger partial charge >= 0.3 is 0 Å². The number of rotatable bonds is 3. The number of nitrogens with zero attached hydrogens (tertiary/aromatic N) is 2. The van der Waals surface area contributed by atoms with E-state index < -0.39 is 0 Å². The maximum atomic E-state index is 12.3. The summed E-state index contributed by atoms with van der Waals surface area (Å²) in [7, 11) is 0. The van der Waals surface area contributed by atoms with E-state index in [1.165, 1.54) is 11.3 Å². The van der Waals surface area contributed by atoms with Crippen molar-refractivity contribution in [3.63, 3.8) is 0 Å². The van der Waals surface area contributed by atoms with Crippen molar-refractivity contribution in [1.82, 2.24) is 9.55 Å². The Morgan fingerprint density at radius 1 is 1.30 bits per heavy atom. The molecule has 2 heterocycles. The number of anilines is 1. The topological polar surface area (TPSA) is 60.9 Å². The fourth-order valence-corrected chi connectivity index (χ4v) is 3.10. The second-order valence-corrected chi connectivity index (χ2v) is 5.71. The van der Waals surface area contributed by atoms with E-state index in [1.807, 2.05) is 36.6 Å². The van der Waals surface area contributed by atoms with Crippen molar-refractivity contribution in [3.05, 3.63) is 57.5 Å². The smallest absolute Gasteiger partial charge is 0.271 e. The first kappa shape index (κ1) is 12.9. The summed E-state index contributed by atoms with van der Waals surface area (Å²) in [5.74, 6) is 0. The monoisotopic (exact) mass is 285 g/mol. The van der Waals surface area contributed by atoms with Crippen molar-refractivity contribution in [1.29, 1.82) is 0 Å². The molecular weight excluding hydrogens is 270 g/mol. The van der Waals surface area contributed by atoms with Gasteiger partial charge in [-0.2, -0.15) is 0 Å². The van der Waals surface area contributed by atoms with E-state index in [0.717, 1.165) is 33.5 Å². The number of hydrogen-bond donors (Lipinski definition) is 1. The van der Waals surface area contributed by atoms with Gasteiger partial charge in [0.25, 0.3) is 5.56 Å². The van der Waals surface area contributed by atoms with E-state index >= 15 is 0 Å². The summed E-state index contributed by atoms with van der Waals surface area (Å²) in [6.45, 7) is 2.60. The van der Waals surface area contributed by atoms with Gasteiger partial charge in [0, 0.05) is 12.2 Å². The van der Waals surface area contributed by atoms with E-state index in [4.69, 9.17) is 5.73 Å². The molecular formula is C15H15N3OS. The Balaban J connectivity index is 1.86. The number of benzene rings is 1. The minimum atomic E-state index is 0.0449. The average molecular weight is 285 g/mol. The largest absolute Gasteiger partial charge is 0.399 e. The highest BCUT2D eigenvalue weighted by Crippen LogP contribution is 2.19. The minimum absolute atomic E-state index is 0.0449. The first-order valence-electron chi connectivity index (χ1n) is 6.43. The lowest BCUT2D eigenvalue weighted by Crippen LogP contribution is -2.20. The van der Waals surface area contributed by atoms with Gasteiger partial charge in [0.1, 0.15) is 4.70 Å². The first-order chi connectivity index (χ1) is 9.65. The summed E-state index contributed by atoms with van der Waals surface area (Å²) in [6.07, 6.45) is 2.43. The van der Waals surface area contributed by atoms with Gasteiger partial charge in [-0.15, -0.1) is 11.3 Å². The second kappa shape index (κ2) is 5.09. The van der Waals surface area contributed by atoms with E-state index in [9.17, 15) is 4.79 Å². The molecule has 0 aliphatic heterocycles. The SMILES string of the molecule is Cc1csc2c(=O)n(CCc3ccc(N)cc3)cnc12. The molecule has 0 fully saturated rings. The van der Waals surface area contributed by atoms with Gasteiger partial charge in [-0.3, -0.25) is 9.36 Å². The van der Waals surface area contributed by atoms with Crippen molar-refractivity contribution < 1.29 is 0 Å². The van der Waals surface area contributed by atoms with Crippen LogP contribution in [0.15, 0.2) is 40.8 Å². The third-order valence-corrected chi connectivity index (χ3v) is 4.42. The lowest BCUT2D eigenvalue weighted by atomic mass is 10.1. The maximum Gasteiger partial charge on any atom is 0.271 e. The summed E-state index contributed by atoms with van der Waals surface area (Å²) >= 11 is 1.47. The number of aryl methyl sites for hydroxylation is 3. The molecule has 0 spiro atoms. The Hall–Kier alpha value is -2.14. The molecule has 0 atom stereocenters. The highest BCUT2D eigenvalue weighted by Gasteiger charge is 2.08. The van der Waals surface area contributed by atoms with Crippen LogP contribution in [0.25, 0.3) is 10.2 Å². The number of thiophene rings is 1. The van der Waals surface area contributed by atoms with Crippen LogP contribution < -0.4 is 11.3 Å². The number of hydrogen-bond acceptors (Lipinski definition) is 4. The van der Waals surface area contributed by atoms with Crippen LogP contribution in [0.1, 0.15) is 11.1 Å². The van der Waals surface area contributed by atoms with Crippen LogP contribution in [0.2, 0.25) is 0 Å². The molecule has 0 saturated heterocycles. The van der Waals surface area contributed by atoms with Crippen LogP contribution in [0.4, 0.5) is 5.69 Å². The molecule has 2 aromatic heterocycles. The van der Waals surface area contributed by atoms with Crippen molar-refractivity contribution in [3.8, 4) is 0 Å². The van der Waals surface area contributed by atoms with Gasteiger partial charge in [0.2, 0.25) is 0 Å². The first-order valence-corrected chi connectivity index (χ1v) is 7.31. The van der Waals surface area contributed by atoms with Gasteiger partial charge in [-0.05, 0) is 42.0 Å². The van der Waals surface area contributed by atoms with Crippen LogP contribution in [-0.4, -0.2) is 9.55 Å². The Bertz CT molecular complexity index is 802. The van der Waals surface area contributed by atoms with Crippen LogP contribution in [0, 0.1) is 6.92 Å². The summed E-state index contributed by atoms with van der Waals surface area (Å²) < 4.78 is 2.41. The molecule has 0 amide bonds. The Kier molecular flexibility index (Phi) is 3.28. The van der Waals surface area contributed by atoms with Gasteiger partial charge in [0.15, 0.2) is 0 Å². The second-order valence-electron chi connectivity index (χ2n) is 4.83. The molecule has 102 valence electrons. The fourth-order valence-electron chi connectivity index (χ4n) is 2.15. The third kappa shape index (κ3) is 2.32. The van der Waals surface area contributed by atoms with Crippen molar-refractivity contribution in [2.24, 2.45) is 0 Å². The fraction of sp³-hybridized carbons (Fsp3) is 0.200. The van der Waals surface area contributed by atoms with Crippen LogP contribution in [0.3, 0.4) is 0 Å². The highest BCUT2D eigenvalue weighted by atomic mass is 32.1. The highest BCUT2D eigenvalue weighted by molar-refractivity contribution is 7.17. The predicted octanol–water partition coefficient (Wildman–Crippen LogP) is 2.59. The maximum absolute atomic E-state index is 12.3.